The SMILES string of the molecule is CO[C@H]1C(C)(C)C(=O)N[C@]12COC2=O. The van der Waals surface area contributed by atoms with E-state index in [1.165, 1.54) is 7.11 Å². The van der Waals surface area contributed by atoms with Crippen LogP contribution in [0.25, 0.3) is 0 Å². The first kappa shape index (κ1) is 9.45. The quantitative estimate of drug-likeness (QED) is 0.576. The molecule has 14 heavy (non-hydrogen) atoms. The Morgan fingerprint density at radius 2 is 2.14 bits per heavy atom. The van der Waals surface area contributed by atoms with Crippen LogP contribution in [-0.4, -0.2) is 37.2 Å². The number of methoxy groups -OCH3 is 1. The lowest BCUT2D eigenvalue weighted by Crippen LogP contribution is -2.68. The Morgan fingerprint density at radius 1 is 1.50 bits per heavy atom. The van der Waals surface area contributed by atoms with E-state index in [4.69, 9.17) is 9.47 Å². The minimum Gasteiger partial charge on any atom is -0.461 e. The van der Waals surface area contributed by atoms with Gasteiger partial charge in [-0.15, -0.1) is 0 Å². The van der Waals surface area contributed by atoms with Crippen LogP contribution < -0.4 is 5.32 Å². The first-order valence-corrected chi connectivity index (χ1v) is 4.48. The van der Waals surface area contributed by atoms with Gasteiger partial charge in [0.25, 0.3) is 0 Å². The standard InChI is InChI=1S/C9H13NO4/c1-8(2)5(13-3)9(10-6(8)11)4-14-7(9)12/h5H,4H2,1-3H3,(H,10,11)/t5-,9+/m0/s1. The minimum absolute atomic E-state index is 0.166. The molecule has 2 rings (SSSR count). The summed E-state index contributed by atoms with van der Waals surface area (Å²) in [6.45, 7) is 3.73. The fourth-order valence-corrected chi connectivity index (χ4v) is 2.22. The summed E-state index contributed by atoms with van der Waals surface area (Å²) < 4.78 is 9.95. The predicted octanol–water partition coefficient (Wildman–Crippen LogP) is -0.547. The van der Waals surface area contributed by atoms with Crippen LogP contribution in [0, 0.1) is 5.41 Å². The molecule has 1 amide bonds. The van der Waals surface area contributed by atoms with Gasteiger partial charge >= 0.3 is 5.97 Å². The van der Waals surface area contributed by atoms with Crippen LogP contribution in [0.4, 0.5) is 0 Å². The van der Waals surface area contributed by atoms with E-state index in [-0.39, 0.29) is 12.5 Å². The van der Waals surface area contributed by atoms with Gasteiger partial charge in [-0.25, -0.2) is 4.79 Å². The Labute approximate surface area is 81.7 Å². The maximum Gasteiger partial charge on any atom is 0.338 e. The zero-order valence-corrected chi connectivity index (χ0v) is 8.42. The lowest BCUT2D eigenvalue weighted by molar-refractivity contribution is -0.187. The second kappa shape index (κ2) is 2.48. The van der Waals surface area contributed by atoms with Gasteiger partial charge in [0, 0.05) is 7.11 Å². The molecular formula is C9H13NO4. The number of cyclic esters (lactones) is 1. The van der Waals surface area contributed by atoms with Crippen LogP contribution in [0.2, 0.25) is 0 Å². The van der Waals surface area contributed by atoms with Gasteiger partial charge in [-0.05, 0) is 13.8 Å². The molecule has 2 saturated heterocycles. The maximum atomic E-state index is 11.6. The molecule has 0 radical (unpaired) electrons. The number of ether oxygens (including phenoxy) is 2. The number of amides is 1. The van der Waals surface area contributed by atoms with E-state index in [2.05, 4.69) is 5.32 Å². The molecule has 0 unspecified atom stereocenters. The van der Waals surface area contributed by atoms with Gasteiger partial charge in [-0.3, -0.25) is 4.79 Å². The van der Waals surface area contributed by atoms with E-state index in [0.29, 0.717) is 0 Å². The third-order valence-electron chi connectivity index (χ3n) is 3.06. The molecule has 2 aliphatic heterocycles. The number of rotatable bonds is 1. The van der Waals surface area contributed by atoms with E-state index in [1.807, 2.05) is 0 Å². The summed E-state index contributed by atoms with van der Waals surface area (Å²) in [4.78, 5) is 23.0. The Morgan fingerprint density at radius 3 is 2.43 bits per heavy atom. The van der Waals surface area contributed by atoms with Crippen LogP contribution in [0.5, 0.6) is 0 Å². The molecule has 0 aromatic heterocycles. The minimum atomic E-state index is -0.935. The number of carbonyl (C=O) groups excluding carboxylic acids is 2. The van der Waals surface area contributed by atoms with Gasteiger partial charge in [-0.2, -0.15) is 0 Å². The second-order valence-electron chi connectivity index (χ2n) is 4.34. The highest BCUT2D eigenvalue weighted by Gasteiger charge is 2.68. The van der Waals surface area contributed by atoms with Crippen LogP contribution in [0.1, 0.15) is 13.8 Å². The van der Waals surface area contributed by atoms with Gasteiger partial charge in [0.15, 0.2) is 5.54 Å². The molecule has 1 spiro atoms. The zero-order valence-electron chi connectivity index (χ0n) is 8.42. The summed E-state index contributed by atoms with van der Waals surface area (Å²) in [5.74, 6) is -0.565. The first-order valence-electron chi connectivity index (χ1n) is 4.48. The van der Waals surface area contributed by atoms with Crippen molar-refractivity contribution in [3.05, 3.63) is 0 Å². The lowest BCUT2D eigenvalue weighted by atomic mass is 9.78. The first-order chi connectivity index (χ1) is 6.45. The monoisotopic (exact) mass is 199 g/mol. The summed E-state index contributed by atoms with van der Waals surface area (Å²) in [5.41, 5.74) is -1.62. The van der Waals surface area contributed by atoms with E-state index >= 15 is 0 Å². The molecule has 0 aliphatic carbocycles. The molecular weight excluding hydrogens is 186 g/mol. The van der Waals surface area contributed by atoms with Gasteiger partial charge in [0.2, 0.25) is 5.91 Å². The van der Waals surface area contributed by atoms with Crippen molar-refractivity contribution in [1.82, 2.24) is 5.32 Å². The molecule has 2 atom stereocenters. The average molecular weight is 199 g/mol. The van der Waals surface area contributed by atoms with Gasteiger partial charge in [-0.1, -0.05) is 0 Å². The normalized spacial score (nSPS) is 39.2. The Bertz CT molecular complexity index is 312. The molecule has 0 bridgehead atoms. The number of carbonyl (C=O) groups is 2. The van der Waals surface area contributed by atoms with E-state index in [9.17, 15) is 9.59 Å². The molecule has 2 heterocycles. The summed E-state index contributed by atoms with van der Waals surface area (Å²) >= 11 is 0. The van der Waals surface area contributed by atoms with Crippen molar-refractivity contribution in [2.75, 3.05) is 13.7 Å². The Balaban J connectivity index is 2.39. The fraction of sp³-hybridized carbons (Fsp3) is 0.778. The summed E-state index contributed by atoms with van der Waals surface area (Å²) in [5, 5.41) is 2.67. The van der Waals surface area contributed by atoms with Crippen molar-refractivity contribution < 1.29 is 19.1 Å². The predicted molar refractivity (Wildman–Crippen MR) is 46.4 cm³/mol. The van der Waals surface area contributed by atoms with Crippen molar-refractivity contribution in [3.63, 3.8) is 0 Å². The van der Waals surface area contributed by atoms with Crippen molar-refractivity contribution >= 4 is 11.9 Å². The molecule has 0 aromatic rings. The average Bonchev–Trinajstić information content (AvgIpc) is 2.34. The highest BCUT2D eigenvalue weighted by atomic mass is 16.6. The Hall–Kier alpha value is -1.10. The molecule has 0 aromatic carbocycles. The number of hydrogen-bond acceptors (Lipinski definition) is 4. The van der Waals surface area contributed by atoms with E-state index in [0.717, 1.165) is 0 Å². The third-order valence-corrected chi connectivity index (χ3v) is 3.06. The largest absolute Gasteiger partial charge is 0.461 e. The fourth-order valence-electron chi connectivity index (χ4n) is 2.22. The maximum absolute atomic E-state index is 11.6. The summed E-state index contributed by atoms with van der Waals surface area (Å²) in [6, 6.07) is 0. The lowest BCUT2D eigenvalue weighted by Gasteiger charge is -2.40. The van der Waals surface area contributed by atoms with Crippen LogP contribution >= 0.6 is 0 Å². The number of nitrogens with one attached hydrogen (secondary N) is 1. The second-order valence-corrected chi connectivity index (χ2v) is 4.34. The number of esters is 1. The molecule has 0 saturated carbocycles. The smallest absolute Gasteiger partial charge is 0.338 e. The van der Waals surface area contributed by atoms with Gasteiger partial charge in [0.1, 0.15) is 12.7 Å². The van der Waals surface area contributed by atoms with Crippen molar-refractivity contribution in [1.29, 1.82) is 0 Å². The topological polar surface area (TPSA) is 64.6 Å². The summed E-state index contributed by atoms with van der Waals surface area (Å²) in [7, 11) is 1.50. The van der Waals surface area contributed by atoms with Crippen LogP contribution in [-0.2, 0) is 19.1 Å². The van der Waals surface area contributed by atoms with Crippen LogP contribution in [0.15, 0.2) is 0 Å². The number of hydrogen-bond donors (Lipinski definition) is 1. The molecule has 1 N–H and O–H groups in total. The zero-order chi connectivity index (χ0) is 10.6. The van der Waals surface area contributed by atoms with E-state index in [1.54, 1.807) is 13.8 Å². The highest BCUT2D eigenvalue weighted by molar-refractivity contribution is 5.99. The molecule has 78 valence electrons. The molecule has 5 nitrogen and oxygen atoms in total. The summed E-state index contributed by atoms with van der Waals surface area (Å²) in [6.07, 6.45) is -0.455. The van der Waals surface area contributed by atoms with Gasteiger partial charge in [0.05, 0.1) is 5.41 Å². The van der Waals surface area contributed by atoms with Crippen molar-refractivity contribution in [3.8, 4) is 0 Å². The van der Waals surface area contributed by atoms with Crippen LogP contribution in [0.3, 0.4) is 0 Å². The molecule has 2 fully saturated rings. The third kappa shape index (κ3) is 0.829. The van der Waals surface area contributed by atoms with Crippen molar-refractivity contribution in [2.24, 2.45) is 5.41 Å². The van der Waals surface area contributed by atoms with E-state index < -0.39 is 23.0 Å². The Kier molecular flexibility index (Phi) is 1.67. The highest BCUT2D eigenvalue weighted by Crippen LogP contribution is 2.42. The molecule has 2 aliphatic rings. The van der Waals surface area contributed by atoms with Gasteiger partial charge < -0.3 is 14.8 Å². The van der Waals surface area contributed by atoms with Crippen molar-refractivity contribution in [2.45, 2.75) is 25.5 Å². The molecule has 5 heteroatoms.